The van der Waals surface area contributed by atoms with Crippen LogP contribution in [0.4, 0.5) is 13.2 Å². The maximum Gasteiger partial charge on any atom is 0.415 e. The van der Waals surface area contributed by atoms with Gasteiger partial charge in [0.05, 0.1) is 7.11 Å². The number of amides is 1. The summed E-state index contributed by atoms with van der Waals surface area (Å²) in [5, 5.41) is 0. The molecule has 0 aliphatic heterocycles. The van der Waals surface area contributed by atoms with Gasteiger partial charge in [0, 0.05) is 19.2 Å². The summed E-state index contributed by atoms with van der Waals surface area (Å²) in [6.07, 6.45) is -4.81. The molecule has 1 atom stereocenters. The van der Waals surface area contributed by atoms with Crippen molar-refractivity contribution in [2.45, 2.75) is 25.2 Å². The number of carbonyl (C=O) groups excluding carboxylic acids is 1. The maximum atomic E-state index is 12.7. The van der Waals surface area contributed by atoms with Crippen LogP contribution in [0.2, 0.25) is 0 Å². The fourth-order valence-electron chi connectivity index (χ4n) is 1.68. The average molecular weight is 290 g/mol. The summed E-state index contributed by atoms with van der Waals surface area (Å²) in [6.45, 7) is 0.639. The lowest BCUT2D eigenvalue weighted by molar-refractivity contribution is -0.193. The Morgan fingerprint density at radius 3 is 2.40 bits per heavy atom. The first kappa shape index (κ1) is 16.3. The minimum atomic E-state index is -4.81. The van der Waals surface area contributed by atoms with Crippen LogP contribution in [-0.2, 0) is 11.3 Å². The minimum Gasteiger partial charge on any atom is -0.496 e. The highest BCUT2D eigenvalue weighted by molar-refractivity contribution is 5.86. The van der Waals surface area contributed by atoms with Crippen LogP contribution in [-0.4, -0.2) is 36.7 Å². The van der Waals surface area contributed by atoms with Gasteiger partial charge < -0.3 is 15.4 Å². The molecule has 1 rings (SSSR count). The van der Waals surface area contributed by atoms with Crippen LogP contribution in [0.5, 0.6) is 5.75 Å². The second kappa shape index (κ2) is 5.70. The van der Waals surface area contributed by atoms with Crippen molar-refractivity contribution in [3.05, 3.63) is 29.8 Å². The second-order valence-electron chi connectivity index (χ2n) is 4.67. The number of nitrogens with two attached hydrogens (primary N) is 1. The van der Waals surface area contributed by atoms with Gasteiger partial charge in [0.2, 0.25) is 0 Å². The molecule has 1 aromatic rings. The summed E-state index contributed by atoms with van der Waals surface area (Å²) >= 11 is 0. The molecule has 0 saturated carbocycles. The van der Waals surface area contributed by atoms with E-state index in [-0.39, 0.29) is 6.54 Å². The predicted octanol–water partition coefficient (Wildman–Crippen LogP) is 1.93. The van der Waals surface area contributed by atoms with Crippen molar-refractivity contribution in [2.24, 2.45) is 5.73 Å². The predicted molar refractivity (Wildman–Crippen MR) is 68.1 cm³/mol. The number of rotatable bonds is 4. The van der Waals surface area contributed by atoms with Crippen molar-refractivity contribution in [3.63, 3.8) is 0 Å². The average Bonchev–Trinajstić information content (AvgIpc) is 2.37. The maximum absolute atomic E-state index is 12.7. The number of benzene rings is 1. The number of para-hydroxylation sites is 1. The zero-order chi connectivity index (χ0) is 15.6. The van der Waals surface area contributed by atoms with Gasteiger partial charge in [0.15, 0.2) is 5.54 Å². The van der Waals surface area contributed by atoms with Crippen LogP contribution in [0.3, 0.4) is 0 Å². The van der Waals surface area contributed by atoms with E-state index in [1.54, 1.807) is 24.3 Å². The molecule has 0 spiro atoms. The first-order valence-electron chi connectivity index (χ1n) is 5.84. The number of alkyl halides is 3. The topological polar surface area (TPSA) is 55.6 Å². The normalized spacial score (nSPS) is 14.6. The Balaban J connectivity index is 2.91. The zero-order valence-electron chi connectivity index (χ0n) is 11.5. The number of likely N-dealkylation sites (N-methyl/N-ethyl adjacent to an activating group) is 1. The molecule has 7 heteroatoms. The quantitative estimate of drug-likeness (QED) is 0.922. The number of nitrogens with zero attached hydrogens (tertiary/aromatic N) is 1. The number of methoxy groups -OCH3 is 1. The number of carbonyl (C=O) groups is 1. The molecule has 0 fully saturated rings. The Morgan fingerprint density at radius 1 is 1.35 bits per heavy atom. The van der Waals surface area contributed by atoms with E-state index in [0.29, 0.717) is 18.2 Å². The highest BCUT2D eigenvalue weighted by atomic mass is 19.4. The first-order valence-corrected chi connectivity index (χ1v) is 5.84. The van der Waals surface area contributed by atoms with Gasteiger partial charge in [-0.2, -0.15) is 13.2 Å². The van der Waals surface area contributed by atoms with Crippen molar-refractivity contribution in [2.75, 3.05) is 14.2 Å². The molecule has 4 nitrogen and oxygen atoms in total. The molecule has 0 heterocycles. The third kappa shape index (κ3) is 3.22. The van der Waals surface area contributed by atoms with Gasteiger partial charge in [-0.15, -0.1) is 0 Å². The lowest BCUT2D eigenvalue weighted by atomic mass is 10.0. The summed E-state index contributed by atoms with van der Waals surface area (Å²) in [5.74, 6) is -0.700. The third-order valence-corrected chi connectivity index (χ3v) is 2.98. The van der Waals surface area contributed by atoms with Crippen LogP contribution >= 0.6 is 0 Å². The Labute approximate surface area is 115 Å². The highest BCUT2D eigenvalue weighted by Gasteiger charge is 2.54. The molecule has 1 aromatic carbocycles. The van der Waals surface area contributed by atoms with Crippen LogP contribution in [0, 0.1) is 0 Å². The zero-order valence-corrected chi connectivity index (χ0v) is 11.5. The molecule has 20 heavy (non-hydrogen) atoms. The van der Waals surface area contributed by atoms with Crippen molar-refractivity contribution in [1.29, 1.82) is 0 Å². The Morgan fingerprint density at radius 2 is 1.90 bits per heavy atom. The van der Waals surface area contributed by atoms with E-state index in [4.69, 9.17) is 10.5 Å². The Hall–Kier alpha value is -1.76. The second-order valence-corrected chi connectivity index (χ2v) is 4.67. The number of ether oxygens (including phenoxy) is 1. The molecule has 0 aromatic heterocycles. The molecular weight excluding hydrogens is 273 g/mol. The van der Waals surface area contributed by atoms with Crippen molar-refractivity contribution in [1.82, 2.24) is 4.90 Å². The molecule has 0 saturated heterocycles. The molecule has 0 aliphatic carbocycles. The molecule has 0 radical (unpaired) electrons. The third-order valence-electron chi connectivity index (χ3n) is 2.98. The van der Waals surface area contributed by atoms with Gasteiger partial charge in [-0.3, -0.25) is 4.79 Å². The van der Waals surface area contributed by atoms with Gasteiger partial charge in [0.1, 0.15) is 5.75 Å². The molecule has 2 N–H and O–H groups in total. The van der Waals surface area contributed by atoms with E-state index in [9.17, 15) is 18.0 Å². The molecule has 0 bridgehead atoms. The van der Waals surface area contributed by atoms with E-state index < -0.39 is 17.6 Å². The number of halogens is 3. The number of hydrogen-bond acceptors (Lipinski definition) is 3. The molecular formula is C13H17F3N2O2. The smallest absolute Gasteiger partial charge is 0.415 e. The lowest BCUT2D eigenvalue weighted by Crippen LogP contribution is -2.61. The first-order chi connectivity index (χ1) is 9.11. The Bertz CT molecular complexity index is 487. The number of hydrogen-bond donors (Lipinski definition) is 1. The molecule has 1 amide bonds. The van der Waals surface area contributed by atoms with E-state index in [1.807, 2.05) is 0 Å². The van der Waals surface area contributed by atoms with Gasteiger partial charge in [-0.1, -0.05) is 18.2 Å². The van der Waals surface area contributed by atoms with E-state index in [2.05, 4.69) is 0 Å². The summed E-state index contributed by atoms with van der Waals surface area (Å²) in [6, 6.07) is 6.78. The molecule has 0 aliphatic rings. The fourth-order valence-corrected chi connectivity index (χ4v) is 1.68. The fraction of sp³-hybridized carbons (Fsp3) is 0.462. The van der Waals surface area contributed by atoms with Crippen LogP contribution < -0.4 is 10.5 Å². The van der Waals surface area contributed by atoms with Crippen LogP contribution in [0.1, 0.15) is 12.5 Å². The monoisotopic (exact) mass is 290 g/mol. The van der Waals surface area contributed by atoms with E-state index in [0.717, 1.165) is 4.90 Å². The largest absolute Gasteiger partial charge is 0.496 e. The standard InChI is InChI=1S/C13H17F3N2O2/c1-12(17,13(14,15)16)11(19)18(2)8-9-6-4-5-7-10(9)20-3/h4-7H,8,17H2,1-3H3. The summed E-state index contributed by atoms with van der Waals surface area (Å²) in [5.41, 5.74) is 2.80. The van der Waals surface area contributed by atoms with Crippen molar-refractivity contribution in [3.8, 4) is 5.75 Å². The van der Waals surface area contributed by atoms with Gasteiger partial charge in [0.25, 0.3) is 5.91 Å². The summed E-state index contributed by atoms with van der Waals surface area (Å²) in [7, 11) is 2.72. The minimum absolute atomic E-state index is 0.0221. The van der Waals surface area contributed by atoms with Gasteiger partial charge in [-0.05, 0) is 13.0 Å². The van der Waals surface area contributed by atoms with Crippen LogP contribution in [0.15, 0.2) is 24.3 Å². The van der Waals surface area contributed by atoms with E-state index in [1.165, 1.54) is 14.2 Å². The summed E-state index contributed by atoms with van der Waals surface area (Å²) in [4.78, 5) is 12.8. The molecule has 112 valence electrons. The lowest BCUT2D eigenvalue weighted by Gasteiger charge is -2.31. The van der Waals surface area contributed by atoms with E-state index >= 15 is 0 Å². The van der Waals surface area contributed by atoms with Gasteiger partial charge >= 0.3 is 6.18 Å². The SMILES string of the molecule is COc1ccccc1CN(C)C(=O)C(C)(N)C(F)(F)F. The van der Waals surface area contributed by atoms with Crippen molar-refractivity contribution >= 4 is 5.91 Å². The Kier molecular flexibility index (Phi) is 4.65. The highest BCUT2D eigenvalue weighted by Crippen LogP contribution is 2.30. The van der Waals surface area contributed by atoms with Gasteiger partial charge in [-0.25, -0.2) is 0 Å². The molecule has 1 unspecified atom stereocenters. The van der Waals surface area contributed by atoms with Crippen LogP contribution in [0.25, 0.3) is 0 Å². The van der Waals surface area contributed by atoms with Crippen molar-refractivity contribution < 1.29 is 22.7 Å². The summed E-state index contributed by atoms with van der Waals surface area (Å²) < 4.78 is 43.3.